The molecule has 0 aliphatic carbocycles. The number of hydrogen-bond donors (Lipinski definition) is 2. The Bertz CT molecular complexity index is 560. The molecule has 2 nitrogen and oxygen atoms in total. The highest BCUT2D eigenvalue weighted by Gasteiger charge is 2.13. The van der Waals surface area contributed by atoms with Crippen molar-refractivity contribution < 1.29 is 5.11 Å². The van der Waals surface area contributed by atoms with Gasteiger partial charge in [-0.15, -0.1) is 0 Å². The third-order valence-electron chi connectivity index (χ3n) is 3.71. The fraction of sp³-hybridized carbons (Fsp3) is 0.368. The summed E-state index contributed by atoms with van der Waals surface area (Å²) in [6.07, 6.45) is 0.928. The minimum Gasteiger partial charge on any atom is -0.508 e. The van der Waals surface area contributed by atoms with Gasteiger partial charge in [-0.1, -0.05) is 55.8 Å². The van der Waals surface area contributed by atoms with Crippen LogP contribution in [0.5, 0.6) is 5.75 Å². The van der Waals surface area contributed by atoms with Gasteiger partial charge in [0.2, 0.25) is 0 Å². The summed E-state index contributed by atoms with van der Waals surface area (Å²) in [4.78, 5) is 0. The summed E-state index contributed by atoms with van der Waals surface area (Å²) in [5.41, 5.74) is 3.80. The first-order chi connectivity index (χ1) is 10.0. The molecule has 0 fully saturated rings. The molecule has 2 N–H and O–H groups in total. The molecule has 0 amide bonds. The average Bonchev–Trinajstić information content (AvgIpc) is 2.44. The van der Waals surface area contributed by atoms with Crippen molar-refractivity contribution in [2.75, 3.05) is 6.54 Å². The Morgan fingerprint density at radius 3 is 2.38 bits per heavy atom. The molecule has 0 bridgehead atoms. The quantitative estimate of drug-likeness (QED) is 0.839. The minimum absolute atomic E-state index is 0.340. The Kier molecular flexibility index (Phi) is 5.40. The van der Waals surface area contributed by atoms with Gasteiger partial charge in [0.15, 0.2) is 0 Å². The summed E-state index contributed by atoms with van der Waals surface area (Å²) >= 11 is 0. The molecule has 2 aromatic carbocycles. The van der Waals surface area contributed by atoms with Gasteiger partial charge in [0, 0.05) is 18.5 Å². The lowest BCUT2D eigenvalue weighted by Crippen LogP contribution is -2.29. The van der Waals surface area contributed by atoms with E-state index in [1.807, 2.05) is 12.1 Å². The fourth-order valence-corrected chi connectivity index (χ4v) is 2.49. The molecule has 1 unspecified atom stereocenters. The maximum absolute atomic E-state index is 9.64. The van der Waals surface area contributed by atoms with Crippen molar-refractivity contribution in [1.29, 1.82) is 0 Å². The third-order valence-corrected chi connectivity index (χ3v) is 3.71. The van der Waals surface area contributed by atoms with Crippen molar-refractivity contribution in [2.45, 2.75) is 39.2 Å². The lowest BCUT2D eigenvalue weighted by atomic mass is 9.91. The molecule has 0 saturated carbocycles. The topological polar surface area (TPSA) is 32.3 Å². The predicted octanol–water partition coefficient (Wildman–Crippen LogP) is 4.02. The van der Waals surface area contributed by atoms with Gasteiger partial charge in [-0.05, 0) is 36.6 Å². The van der Waals surface area contributed by atoms with E-state index in [-0.39, 0.29) is 0 Å². The predicted molar refractivity (Wildman–Crippen MR) is 88.9 cm³/mol. The zero-order chi connectivity index (χ0) is 15.2. The van der Waals surface area contributed by atoms with Crippen molar-refractivity contribution >= 4 is 0 Å². The molecule has 0 aromatic heterocycles. The van der Waals surface area contributed by atoms with Gasteiger partial charge in [0.25, 0.3) is 0 Å². The van der Waals surface area contributed by atoms with Gasteiger partial charge in [0.05, 0.1) is 0 Å². The molecule has 0 heterocycles. The molecule has 21 heavy (non-hydrogen) atoms. The van der Waals surface area contributed by atoms with Crippen LogP contribution in [-0.4, -0.2) is 17.7 Å². The van der Waals surface area contributed by atoms with Crippen molar-refractivity contribution in [1.82, 2.24) is 5.32 Å². The monoisotopic (exact) mass is 283 g/mol. The van der Waals surface area contributed by atoms with Crippen molar-refractivity contribution in [3.05, 3.63) is 65.2 Å². The minimum atomic E-state index is 0.340. The van der Waals surface area contributed by atoms with Gasteiger partial charge in [-0.3, -0.25) is 0 Å². The van der Waals surface area contributed by atoms with Gasteiger partial charge in [-0.25, -0.2) is 0 Å². The van der Waals surface area contributed by atoms with E-state index >= 15 is 0 Å². The Morgan fingerprint density at radius 1 is 1.05 bits per heavy atom. The first-order valence-electron chi connectivity index (χ1n) is 7.62. The first-order valence-corrected chi connectivity index (χ1v) is 7.62. The Labute approximate surface area is 127 Å². The number of aromatic hydroxyl groups is 1. The number of nitrogens with one attached hydrogen (secondary N) is 1. The lowest BCUT2D eigenvalue weighted by molar-refractivity contribution is 0.473. The summed E-state index contributed by atoms with van der Waals surface area (Å²) in [6.45, 7) is 7.39. The summed E-state index contributed by atoms with van der Waals surface area (Å²) in [6, 6.07) is 16.8. The van der Waals surface area contributed by atoms with Crippen LogP contribution < -0.4 is 5.32 Å². The maximum Gasteiger partial charge on any atom is 0.115 e. The molecule has 0 radical (unpaired) electrons. The highest BCUT2D eigenvalue weighted by molar-refractivity contribution is 5.31. The molecule has 0 spiro atoms. The largest absolute Gasteiger partial charge is 0.508 e. The van der Waals surface area contributed by atoms with E-state index in [0.717, 1.165) is 13.0 Å². The van der Waals surface area contributed by atoms with Crippen LogP contribution in [0.3, 0.4) is 0 Å². The van der Waals surface area contributed by atoms with E-state index in [1.165, 1.54) is 16.7 Å². The Hall–Kier alpha value is -1.80. The van der Waals surface area contributed by atoms with E-state index in [4.69, 9.17) is 0 Å². The van der Waals surface area contributed by atoms with Gasteiger partial charge in [0.1, 0.15) is 5.75 Å². The van der Waals surface area contributed by atoms with E-state index in [0.29, 0.717) is 17.7 Å². The van der Waals surface area contributed by atoms with Crippen LogP contribution in [0.15, 0.2) is 48.5 Å². The van der Waals surface area contributed by atoms with Crippen LogP contribution in [0.2, 0.25) is 0 Å². The van der Waals surface area contributed by atoms with Crippen molar-refractivity contribution in [2.24, 2.45) is 0 Å². The smallest absolute Gasteiger partial charge is 0.115 e. The normalized spacial score (nSPS) is 12.6. The maximum atomic E-state index is 9.64. The van der Waals surface area contributed by atoms with Gasteiger partial charge < -0.3 is 10.4 Å². The van der Waals surface area contributed by atoms with Crippen LogP contribution in [-0.2, 0) is 6.42 Å². The molecule has 2 heteroatoms. The molecule has 2 aromatic rings. The SMILES string of the molecule is Cc1ccc(C(CNC(C)C)Cc2cccc(O)c2)cc1. The molecule has 0 aliphatic heterocycles. The van der Waals surface area contributed by atoms with Crippen LogP contribution in [0.4, 0.5) is 0 Å². The van der Waals surface area contributed by atoms with Gasteiger partial charge in [-0.2, -0.15) is 0 Å². The highest BCUT2D eigenvalue weighted by atomic mass is 16.3. The molecule has 112 valence electrons. The number of phenolic OH excluding ortho intramolecular Hbond substituents is 1. The lowest BCUT2D eigenvalue weighted by Gasteiger charge is -2.20. The number of rotatable bonds is 6. The molecular weight excluding hydrogens is 258 g/mol. The summed E-state index contributed by atoms with van der Waals surface area (Å²) < 4.78 is 0. The molecule has 1 atom stereocenters. The van der Waals surface area contributed by atoms with Crippen molar-refractivity contribution in [3.63, 3.8) is 0 Å². The summed E-state index contributed by atoms with van der Waals surface area (Å²) in [5, 5.41) is 13.2. The molecule has 0 aliphatic rings. The summed E-state index contributed by atoms with van der Waals surface area (Å²) in [5.74, 6) is 0.752. The fourth-order valence-electron chi connectivity index (χ4n) is 2.49. The Balaban J connectivity index is 2.17. The second-order valence-corrected chi connectivity index (χ2v) is 6.04. The van der Waals surface area contributed by atoms with Crippen LogP contribution in [0.1, 0.15) is 36.5 Å². The first kappa shape index (κ1) is 15.6. The second kappa shape index (κ2) is 7.28. The highest BCUT2D eigenvalue weighted by Crippen LogP contribution is 2.23. The van der Waals surface area contributed by atoms with E-state index in [1.54, 1.807) is 6.07 Å². The molecular formula is C19H25NO. The van der Waals surface area contributed by atoms with Crippen LogP contribution in [0.25, 0.3) is 0 Å². The van der Waals surface area contributed by atoms with E-state index in [9.17, 15) is 5.11 Å². The molecule has 2 rings (SSSR count). The molecule has 0 saturated heterocycles. The van der Waals surface area contributed by atoms with E-state index in [2.05, 4.69) is 56.4 Å². The average molecular weight is 283 g/mol. The van der Waals surface area contributed by atoms with Crippen LogP contribution >= 0.6 is 0 Å². The second-order valence-electron chi connectivity index (χ2n) is 6.04. The Morgan fingerprint density at radius 2 is 1.76 bits per heavy atom. The van der Waals surface area contributed by atoms with Crippen LogP contribution in [0, 0.1) is 6.92 Å². The van der Waals surface area contributed by atoms with E-state index < -0.39 is 0 Å². The zero-order valence-electron chi connectivity index (χ0n) is 13.1. The van der Waals surface area contributed by atoms with Gasteiger partial charge >= 0.3 is 0 Å². The summed E-state index contributed by atoms with van der Waals surface area (Å²) in [7, 11) is 0. The van der Waals surface area contributed by atoms with Crippen molar-refractivity contribution in [3.8, 4) is 5.75 Å². The number of benzene rings is 2. The number of aryl methyl sites for hydroxylation is 1. The number of phenols is 1. The third kappa shape index (κ3) is 4.91. The standard InChI is InChI=1S/C19H25NO/c1-14(2)20-13-18(17-9-7-15(3)8-10-17)11-16-5-4-6-19(21)12-16/h4-10,12,14,18,20-21H,11,13H2,1-3H3. The number of hydrogen-bond acceptors (Lipinski definition) is 2. The zero-order valence-corrected chi connectivity index (χ0v) is 13.1.